The number of benzene rings is 1. The highest BCUT2D eigenvalue weighted by atomic mass is 16.7. The summed E-state index contributed by atoms with van der Waals surface area (Å²) in [6.07, 6.45) is 5.15. The van der Waals surface area contributed by atoms with Crippen molar-refractivity contribution in [2.75, 3.05) is 13.8 Å². The standard InChI is InChI=1S/C16H23NO3/c1-11-3-5-13(6-4-11)20-14-8-16-15(18-10-19-16)7-12(14)9-17-2/h7-8,11,13,17H,3-6,9-10H2,1-2H3. The molecule has 1 aliphatic heterocycles. The van der Waals surface area contributed by atoms with E-state index in [1.54, 1.807) is 0 Å². The van der Waals surface area contributed by atoms with Gasteiger partial charge in [-0.15, -0.1) is 0 Å². The third-order valence-corrected chi connectivity index (χ3v) is 4.18. The summed E-state index contributed by atoms with van der Waals surface area (Å²) in [7, 11) is 1.94. The van der Waals surface area contributed by atoms with E-state index >= 15 is 0 Å². The minimum atomic E-state index is 0.304. The second-order valence-electron chi connectivity index (χ2n) is 5.84. The number of ether oxygens (including phenoxy) is 3. The normalized spacial score (nSPS) is 24.7. The van der Waals surface area contributed by atoms with Crippen LogP contribution in [-0.4, -0.2) is 19.9 Å². The van der Waals surface area contributed by atoms with Gasteiger partial charge in [-0.25, -0.2) is 0 Å². The van der Waals surface area contributed by atoms with Crippen molar-refractivity contribution in [1.82, 2.24) is 5.32 Å². The van der Waals surface area contributed by atoms with Gasteiger partial charge in [-0.3, -0.25) is 0 Å². The van der Waals surface area contributed by atoms with E-state index in [4.69, 9.17) is 14.2 Å². The van der Waals surface area contributed by atoms with E-state index in [0.29, 0.717) is 12.9 Å². The molecule has 110 valence electrons. The zero-order valence-electron chi connectivity index (χ0n) is 12.3. The number of rotatable bonds is 4. The van der Waals surface area contributed by atoms with E-state index in [0.717, 1.165) is 48.1 Å². The lowest BCUT2D eigenvalue weighted by atomic mass is 9.89. The van der Waals surface area contributed by atoms with Gasteiger partial charge in [-0.1, -0.05) is 6.92 Å². The van der Waals surface area contributed by atoms with Crippen LogP contribution in [0.25, 0.3) is 0 Å². The molecule has 4 heteroatoms. The SMILES string of the molecule is CNCc1cc2c(cc1OC1CCC(C)CC1)OCO2. The topological polar surface area (TPSA) is 39.7 Å². The lowest BCUT2D eigenvalue weighted by molar-refractivity contribution is 0.133. The average molecular weight is 277 g/mol. The number of hydrogen-bond donors (Lipinski definition) is 1. The maximum absolute atomic E-state index is 6.24. The molecule has 1 heterocycles. The fraction of sp³-hybridized carbons (Fsp3) is 0.625. The van der Waals surface area contributed by atoms with Gasteiger partial charge in [0.1, 0.15) is 5.75 Å². The Labute approximate surface area is 120 Å². The molecular weight excluding hydrogens is 254 g/mol. The molecule has 20 heavy (non-hydrogen) atoms. The maximum Gasteiger partial charge on any atom is 0.231 e. The highest BCUT2D eigenvalue weighted by Gasteiger charge is 2.23. The van der Waals surface area contributed by atoms with Crippen LogP contribution in [-0.2, 0) is 6.54 Å². The molecule has 0 bridgehead atoms. The number of hydrogen-bond acceptors (Lipinski definition) is 4. The van der Waals surface area contributed by atoms with Crippen LogP contribution in [0, 0.1) is 5.92 Å². The molecule has 1 fully saturated rings. The first kappa shape index (κ1) is 13.6. The van der Waals surface area contributed by atoms with E-state index in [1.165, 1.54) is 12.8 Å². The molecule has 1 aromatic carbocycles. The molecule has 1 aliphatic carbocycles. The lowest BCUT2D eigenvalue weighted by Gasteiger charge is -2.27. The minimum absolute atomic E-state index is 0.304. The Kier molecular flexibility index (Phi) is 4.01. The van der Waals surface area contributed by atoms with Crippen molar-refractivity contribution in [2.45, 2.75) is 45.3 Å². The third-order valence-electron chi connectivity index (χ3n) is 4.18. The largest absolute Gasteiger partial charge is 0.490 e. The zero-order valence-corrected chi connectivity index (χ0v) is 12.3. The fourth-order valence-electron chi connectivity index (χ4n) is 2.93. The van der Waals surface area contributed by atoms with Gasteiger partial charge in [-0.05, 0) is 44.7 Å². The molecule has 0 aromatic heterocycles. The van der Waals surface area contributed by atoms with Crippen LogP contribution in [0.1, 0.15) is 38.2 Å². The van der Waals surface area contributed by atoms with E-state index in [9.17, 15) is 0 Å². The van der Waals surface area contributed by atoms with Crippen LogP contribution >= 0.6 is 0 Å². The van der Waals surface area contributed by atoms with Gasteiger partial charge in [-0.2, -0.15) is 0 Å². The zero-order chi connectivity index (χ0) is 13.9. The van der Waals surface area contributed by atoms with E-state index < -0.39 is 0 Å². The highest BCUT2D eigenvalue weighted by molar-refractivity contribution is 5.51. The average Bonchev–Trinajstić information content (AvgIpc) is 2.89. The molecule has 0 spiro atoms. The molecule has 1 saturated carbocycles. The predicted molar refractivity (Wildman–Crippen MR) is 77.4 cm³/mol. The first-order valence-corrected chi connectivity index (χ1v) is 7.50. The monoisotopic (exact) mass is 277 g/mol. The minimum Gasteiger partial charge on any atom is -0.490 e. The molecule has 0 unspecified atom stereocenters. The van der Waals surface area contributed by atoms with Gasteiger partial charge >= 0.3 is 0 Å². The van der Waals surface area contributed by atoms with Crippen LogP contribution in [0.15, 0.2) is 12.1 Å². The van der Waals surface area contributed by atoms with Crippen molar-refractivity contribution in [1.29, 1.82) is 0 Å². The number of nitrogens with one attached hydrogen (secondary N) is 1. The second-order valence-corrected chi connectivity index (χ2v) is 5.84. The van der Waals surface area contributed by atoms with Crippen LogP contribution in [0.2, 0.25) is 0 Å². The van der Waals surface area contributed by atoms with Gasteiger partial charge in [0.2, 0.25) is 6.79 Å². The Hall–Kier alpha value is -1.42. The van der Waals surface area contributed by atoms with Gasteiger partial charge < -0.3 is 19.5 Å². The van der Waals surface area contributed by atoms with Gasteiger partial charge in [0, 0.05) is 18.2 Å². The summed E-state index contributed by atoms with van der Waals surface area (Å²) in [4.78, 5) is 0. The quantitative estimate of drug-likeness (QED) is 0.918. The first-order valence-electron chi connectivity index (χ1n) is 7.50. The van der Waals surface area contributed by atoms with Crippen molar-refractivity contribution in [3.8, 4) is 17.2 Å². The Morgan fingerprint density at radius 2 is 1.85 bits per heavy atom. The van der Waals surface area contributed by atoms with Gasteiger partial charge in [0.25, 0.3) is 0 Å². The molecule has 1 N–H and O–H groups in total. The summed E-state index contributed by atoms with van der Waals surface area (Å²) >= 11 is 0. The third kappa shape index (κ3) is 2.85. The second kappa shape index (κ2) is 5.92. The van der Waals surface area contributed by atoms with Crippen molar-refractivity contribution in [3.63, 3.8) is 0 Å². The number of fused-ring (bicyclic) bond motifs is 1. The van der Waals surface area contributed by atoms with Crippen molar-refractivity contribution in [2.24, 2.45) is 5.92 Å². The molecular formula is C16H23NO3. The molecule has 0 atom stereocenters. The molecule has 3 rings (SSSR count). The first-order chi connectivity index (χ1) is 9.76. The molecule has 2 aliphatic rings. The Balaban J connectivity index is 1.77. The maximum atomic E-state index is 6.24. The smallest absolute Gasteiger partial charge is 0.231 e. The molecule has 1 aromatic rings. The Morgan fingerprint density at radius 1 is 1.15 bits per heavy atom. The van der Waals surface area contributed by atoms with Crippen molar-refractivity contribution in [3.05, 3.63) is 17.7 Å². The summed E-state index contributed by atoms with van der Waals surface area (Å²) in [5, 5.41) is 3.18. The highest BCUT2D eigenvalue weighted by Crippen LogP contribution is 2.39. The Morgan fingerprint density at radius 3 is 2.55 bits per heavy atom. The van der Waals surface area contributed by atoms with Crippen LogP contribution in [0.5, 0.6) is 17.2 Å². The van der Waals surface area contributed by atoms with E-state index in [2.05, 4.69) is 12.2 Å². The fourth-order valence-corrected chi connectivity index (χ4v) is 2.93. The van der Waals surface area contributed by atoms with Gasteiger partial charge in [0.05, 0.1) is 6.10 Å². The van der Waals surface area contributed by atoms with Crippen LogP contribution in [0.3, 0.4) is 0 Å². The molecule has 4 nitrogen and oxygen atoms in total. The Bertz CT molecular complexity index is 467. The summed E-state index contributed by atoms with van der Waals surface area (Å²) in [5.41, 5.74) is 1.13. The molecule has 0 saturated heterocycles. The van der Waals surface area contributed by atoms with Crippen molar-refractivity contribution < 1.29 is 14.2 Å². The summed E-state index contributed by atoms with van der Waals surface area (Å²) in [6, 6.07) is 4.01. The van der Waals surface area contributed by atoms with E-state index in [1.807, 2.05) is 19.2 Å². The molecule has 0 radical (unpaired) electrons. The lowest BCUT2D eigenvalue weighted by Crippen LogP contribution is -2.23. The molecule has 0 amide bonds. The van der Waals surface area contributed by atoms with Crippen LogP contribution < -0.4 is 19.5 Å². The van der Waals surface area contributed by atoms with Crippen LogP contribution in [0.4, 0.5) is 0 Å². The van der Waals surface area contributed by atoms with Crippen molar-refractivity contribution >= 4 is 0 Å². The summed E-state index contributed by atoms with van der Waals surface area (Å²) < 4.78 is 17.1. The van der Waals surface area contributed by atoms with Gasteiger partial charge in [0.15, 0.2) is 11.5 Å². The predicted octanol–water partition coefficient (Wildman–Crippen LogP) is 3.09. The summed E-state index contributed by atoms with van der Waals surface area (Å²) in [5.74, 6) is 3.38. The summed E-state index contributed by atoms with van der Waals surface area (Å²) in [6.45, 7) is 3.40. The van der Waals surface area contributed by atoms with E-state index in [-0.39, 0.29) is 0 Å².